The van der Waals surface area contributed by atoms with E-state index in [1.165, 1.54) is 0 Å². The Kier molecular flexibility index (Phi) is 3.64. The van der Waals surface area contributed by atoms with Crippen molar-refractivity contribution in [1.29, 1.82) is 0 Å². The second-order valence-electron chi connectivity index (χ2n) is 4.82. The monoisotopic (exact) mass is 260 g/mol. The summed E-state index contributed by atoms with van der Waals surface area (Å²) in [6.07, 6.45) is 0. The van der Waals surface area contributed by atoms with Crippen molar-refractivity contribution in [3.63, 3.8) is 0 Å². The normalized spacial score (nSPS) is 11.3. The summed E-state index contributed by atoms with van der Waals surface area (Å²) in [4.78, 5) is 16.2. The highest BCUT2D eigenvalue weighted by atomic mass is 16.5. The average Bonchev–Trinajstić information content (AvgIpc) is 2.84. The molecule has 0 aliphatic rings. The zero-order valence-corrected chi connectivity index (χ0v) is 11.2. The van der Waals surface area contributed by atoms with Gasteiger partial charge in [-0.25, -0.2) is 0 Å². The number of carbonyl (C=O) groups is 1. The van der Waals surface area contributed by atoms with E-state index in [1.54, 1.807) is 20.8 Å². The zero-order chi connectivity index (χ0) is 13.9. The summed E-state index contributed by atoms with van der Waals surface area (Å²) in [5, 5.41) is 3.78. The number of carbonyl (C=O) groups excluding carboxylic acids is 1. The molecule has 0 spiro atoms. The summed E-state index contributed by atoms with van der Waals surface area (Å²) in [5.41, 5.74) is 0.0166. The second kappa shape index (κ2) is 5.22. The summed E-state index contributed by atoms with van der Waals surface area (Å²) >= 11 is 0. The van der Waals surface area contributed by atoms with Crippen LogP contribution in [0.4, 0.5) is 0 Å². The van der Waals surface area contributed by atoms with Gasteiger partial charge in [-0.1, -0.05) is 35.5 Å². The lowest BCUT2D eigenvalue weighted by Crippen LogP contribution is -2.32. The van der Waals surface area contributed by atoms with E-state index in [-0.39, 0.29) is 12.6 Å². The molecule has 5 nitrogen and oxygen atoms in total. The summed E-state index contributed by atoms with van der Waals surface area (Å²) in [6, 6.07) is 9.52. The maximum absolute atomic E-state index is 12.1. The Hall–Kier alpha value is -2.17. The third kappa shape index (κ3) is 2.99. The molecule has 0 bridgehead atoms. The van der Waals surface area contributed by atoms with E-state index in [4.69, 9.17) is 9.26 Å². The predicted octanol–water partition coefficient (Wildman–Crippen LogP) is 2.40. The van der Waals surface area contributed by atoms with Gasteiger partial charge in [-0.2, -0.15) is 4.98 Å². The lowest BCUT2D eigenvalue weighted by Gasteiger charge is -2.18. The van der Waals surface area contributed by atoms with Crippen molar-refractivity contribution < 1.29 is 14.1 Å². The molecule has 19 heavy (non-hydrogen) atoms. The van der Waals surface area contributed by atoms with Crippen molar-refractivity contribution in [2.75, 3.05) is 0 Å². The van der Waals surface area contributed by atoms with Gasteiger partial charge in [0, 0.05) is 6.92 Å². The van der Waals surface area contributed by atoms with Crippen LogP contribution in [0.3, 0.4) is 0 Å². The molecule has 0 atom stereocenters. The lowest BCUT2D eigenvalue weighted by atomic mass is 9.93. The largest absolute Gasteiger partial charge is 0.460 e. The number of ether oxygens (including phenoxy) is 1. The topological polar surface area (TPSA) is 65.2 Å². The molecule has 0 amide bonds. The van der Waals surface area contributed by atoms with Crippen molar-refractivity contribution in [2.45, 2.75) is 32.8 Å². The highest BCUT2D eigenvalue weighted by Gasteiger charge is 2.36. The van der Waals surface area contributed by atoms with Gasteiger partial charge >= 0.3 is 5.97 Å². The Morgan fingerprint density at radius 1 is 1.32 bits per heavy atom. The molecule has 1 aromatic carbocycles. The summed E-state index contributed by atoms with van der Waals surface area (Å²) in [6.45, 7) is 5.34. The molecule has 0 aliphatic heterocycles. The van der Waals surface area contributed by atoms with Crippen LogP contribution in [0.5, 0.6) is 0 Å². The fourth-order valence-electron chi connectivity index (χ4n) is 1.55. The molecule has 0 radical (unpaired) electrons. The Morgan fingerprint density at radius 3 is 2.58 bits per heavy atom. The van der Waals surface area contributed by atoms with E-state index >= 15 is 0 Å². The predicted molar refractivity (Wildman–Crippen MR) is 68.3 cm³/mol. The number of esters is 1. The molecule has 2 aromatic rings. The minimum Gasteiger partial charge on any atom is -0.460 e. The van der Waals surface area contributed by atoms with Gasteiger partial charge in [0.25, 0.3) is 0 Å². The summed E-state index contributed by atoms with van der Waals surface area (Å²) in [5.74, 6) is 0.388. The van der Waals surface area contributed by atoms with E-state index in [9.17, 15) is 4.79 Å². The maximum atomic E-state index is 12.1. The Morgan fingerprint density at radius 2 is 2.00 bits per heavy atom. The van der Waals surface area contributed by atoms with Crippen LogP contribution < -0.4 is 0 Å². The highest BCUT2D eigenvalue weighted by Crippen LogP contribution is 2.22. The maximum Gasteiger partial charge on any atom is 0.319 e. The van der Waals surface area contributed by atoms with Crippen molar-refractivity contribution in [1.82, 2.24) is 10.1 Å². The zero-order valence-electron chi connectivity index (χ0n) is 11.2. The number of benzene rings is 1. The van der Waals surface area contributed by atoms with E-state index in [0.717, 1.165) is 5.56 Å². The molecule has 0 fully saturated rings. The number of hydrogen-bond acceptors (Lipinski definition) is 5. The molecule has 0 saturated heterocycles. The molecule has 1 heterocycles. The SMILES string of the molecule is Cc1nc(C(C)(C)C(=O)OCc2ccccc2)no1. The van der Waals surface area contributed by atoms with Gasteiger partial charge in [-0.05, 0) is 19.4 Å². The smallest absolute Gasteiger partial charge is 0.319 e. The lowest BCUT2D eigenvalue weighted by molar-refractivity contribution is -0.151. The van der Waals surface area contributed by atoms with Gasteiger partial charge in [0.1, 0.15) is 12.0 Å². The Labute approximate surface area is 111 Å². The third-order valence-electron chi connectivity index (χ3n) is 2.81. The van der Waals surface area contributed by atoms with E-state index in [2.05, 4.69) is 10.1 Å². The number of hydrogen-bond donors (Lipinski definition) is 0. The van der Waals surface area contributed by atoms with Crippen molar-refractivity contribution in [2.24, 2.45) is 0 Å². The Balaban J connectivity index is 2.03. The van der Waals surface area contributed by atoms with E-state index in [0.29, 0.717) is 11.7 Å². The number of aromatic nitrogens is 2. The number of aryl methyl sites for hydroxylation is 1. The molecule has 1 aromatic heterocycles. The summed E-state index contributed by atoms with van der Waals surface area (Å²) < 4.78 is 10.2. The van der Waals surface area contributed by atoms with Gasteiger partial charge in [0.05, 0.1) is 0 Å². The van der Waals surface area contributed by atoms with Crippen molar-refractivity contribution in [3.05, 3.63) is 47.6 Å². The molecular formula is C14H16N2O3. The highest BCUT2D eigenvalue weighted by molar-refractivity contribution is 5.80. The number of rotatable bonds is 4. The van der Waals surface area contributed by atoms with Gasteiger partial charge in [-0.3, -0.25) is 4.79 Å². The van der Waals surface area contributed by atoms with Crippen LogP contribution in [0.1, 0.15) is 31.1 Å². The minimum absolute atomic E-state index is 0.236. The van der Waals surface area contributed by atoms with Gasteiger partial charge < -0.3 is 9.26 Å². The fourth-order valence-corrected chi connectivity index (χ4v) is 1.55. The molecule has 0 unspecified atom stereocenters. The molecule has 0 N–H and O–H groups in total. The Bertz CT molecular complexity index is 561. The molecular weight excluding hydrogens is 244 g/mol. The van der Waals surface area contributed by atoms with Crippen LogP contribution >= 0.6 is 0 Å². The van der Waals surface area contributed by atoms with Crippen LogP contribution in [0.15, 0.2) is 34.9 Å². The number of nitrogens with zero attached hydrogens (tertiary/aromatic N) is 2. The van der Waals surface area contributed by atoms with Crippen LogP contribution in [-0.4, -0.2) is 16.1 Å². The standard InChI is InChI=1S/C14H16N2O3/c1-10-15-12(16-19-10)14(2,3)13(17)18-9-11-7-5-4-6-8-11/h4-8H,9H2,1-3H3. The van der Waals surface area contributed by atoms with E-state index in [1.807, 2.05) is 30.3 Å². The van der Waals surface area contributed by atoms with Crippen LogP contribution in [0, 0.1) is 6.92 Å². The summed E-state index contributed by atoms with van der Waals surface area (Å²) in [7, 11) is 0. The first kappa shape index (κ1) is 13.3. The molecule has 100 valence electrons. The molecule has 2 rings (SSSR count). The third-order valence-corrected chi connectivity index (χ3v) is 2.81. The van der Waals surface area contributed by atoms with Crippen molar-refractivity contribution in [3.8, 4) is 0 Å². The first-order valence-electron chi connectivity index (χ1n) is 6.02. The second-order valence-corrected chi connectivity index (χ2v) is 4.82. The first-order valence-corrected chi connectivity index (χ1v) is 6.02. The van der Waals surface area contributed by atoms with E-state index < -0.39 is 5.41 Å². The van der Waals surface area contributed by atoms with Gasteiger partial charge in [-0.15, -0.1) is 0 Å². The van der Waals surface area contributed by atoms with Crippen LogP contribution in [0.2, 0.25) is 0 Å². The molecule has 5 heteroatoms. The molecule has 0 aliphatic carbocycles. The fraction of sp³-hybridized carbons (Fsp3) is 0.357. The average molecular weight is 260 g/mol. The van der Waals surface area contributed by atoms with Crippen LogP contribution in [0.25, 0.3) is 0 Å². The minimum atomic E-state index is -0.924. The van der Waals surface area contributed by atoms with Gasteiger partial charge in [0.15, 0.2) is 5.82 Å². The first-order chi connectivity index (χ1) is 9.00. The van der Waals surface area contributed by atoms with Crippen molar-refractivity contribution >= 4 is 5.97 Å². The molecule has 0 saturated carbocycles. The quantitative estimate of drug-likeness (QED) is 0.790. The van der Waals surface area contributed by atoms with Crippen LogP contribution in [-0.2, 0) is 21.6 Å². The van der Waals surface area contributed by atoms with Gasteiger partial charge in [0.2, 0.25) is 5.89 Å².